The molecule has 0 bridgehead atoms. The Bertz CT molecular complexity index is 378. The van der Waals surface area contributed by atoms with Crippen LogP contribution in [-0.2, 0) is 6.42 Å². The zero-order valence-corrected chi connectivity index (χ0v) is 10.5. The molecule has 2 rings (SSSR count). The van der Waals surface area contributed by atoms with Crippen LogP contribution in [0.4, 0.5) is 10.1 Å². The monoisotopic (exact) mass is 236 g/mol. The minimum Gasteiger partial charge on any atom is -0.366 e. The van der Waals surface area contributed by atoms with Crippen LogP contribution in [0.15, 0.2) is 18.2 Å². The van der Waals surface area contributed by atoms with Gasteiger partial charge in [-0.2, -0.15) is 0 Å². The molecule has 1 aliphatic rings. The predicted molar refractivity (Wildman–Crippen MR) is 69.8 cm³/mol. The molecule has 0 saturated carbocycles. The second-order valence-electron chi connectivity index (χ2n) is 4.68. The van der Waals surface area contributed by atoms with E-state index in [2.05, 4.69) is 11.8 Å². The lowest BCUT2D eigenvalue weighted by molar-refractivity contribution is 0.593. The van der Waals surface area contributed by atoms with E-state index in [9.17, 15) is 4.39 Å². The summed E-state index contributed by atoms with van der Waals surface area (Å²) in [6.07, 6.45) is 4.16. The van der Waals surface area contributed by atoms with Crippen molar-refractivity contribution in [3.63, 3.8) is 0 Å². The standard InChI is InChI=1S/C14H21FN2/c1-2-12-6-4-10-17(12)14-11(8-9-16)5-3-7-13(14)15/h3,5,7,12H,2,4,6,8-10,16H2,1H3. The van der Waals surface area contributed by atoms with Crippen molar-refractivity contribution < 1.29 is 4.39 Å². The van der Waals surface area contributed by atoms with Crippen LogP contribution in [0.5, 0.6) is 0 Å². The van der Waals surface area contributed by atoms with Gasteiger partial charge < -0.3 is 10.6 Å². The summed E-state index contributed by atoms with van der Waals surface area (Å²) in [5, 5.41) is 0. The van der Waals surface area contributed by atoms with E-state index in [1.165, 1.54) is 6.42 Å². The quantitative estimate of drug-likeness (QED) is 0.871. The van der Waals surface area contributed by atoms with Crippen molar-refractivity contribution in [2.75, 3.05) is 18.0 Å². The molecule has 0 aliphatic carbocycles. The Hall–Kier alpha value is -1.09. The summed E-state index contributed by atoms with van der Waals surface area (Å²) in [5.74, 6) is -0.101. The maximum absolute atomic E-state index is 14.1. The Morgan fingerprint density at radius 3 is 3.00 bits per heavy atom. The summed E-state index contributed by atoms with van der Waals surface area (Å²) in [5.41, 5.74) is 7.45. The van der Waals surface area contributed by atoms with E-state index in [-0.39, 0.29) is 5.82 Å². The van der Waals surface area contributed by atoms with Crippen molar-refractivity contribution in [1.82, 2.24) is 0 Å². The third-order valence-corrected chi connectivity index (χ3v) is 3.62. The Morgan fingerprint density at radius 1 is 1.47 bits per heavy atom. The van der Waals surface area contributed by atoms with Crippen LogP contribution in [0.3, 0.4) is 0 Å². The number of rotatable bonds is 4. The van der Waals surface area contributed by atoms with Gasteiger partial charge in [0, 0.05) is 12.6 Å². The minimum atomic E-state index is -0.101. The number of para-hydroxylation sites is 1. The van der Waals surface area contributed by atoms with Crippen molar-refractivity contribution in [1.29, 1.82) is 0 Å². The van der Waals surface area contributed by atoms with Gasteiger partial charge in [0.25, 0.3) is 0 Å². The van der Waals surface area contributed by atoms with E-state index in [1.807, 2.05) is 6.07 Å². The van der Waals surface area contributed by atoms with Gasteiger partial charge in [-0.3, -0.25) is 0 Å². The van der Waals surface area contributed by atoms with Gasteiger partial charge in [-0.15, -0.1) is 0 Å². The normalized spacial score (nSPS) is 19.9. The zero-order chi connectivity index (χ0) is 12.3. The molecule has 0 radical (unpaired) electrons. The zero-order valence-electron chi connectivity index (χ0n) is 10.5. The van der Waals surface area contributed by atoms with Gasteiger partial charge in [0.2, 0.25) is 0 Å². The summed E-state index contributed by atoms with van der Waals surface area (Å²) in [6, 6.07) is 5.82. The summed E-state index contributed by atoms with van der Waals surface area (Å²) in [7, 11) is 0. The van der Waals surface area contributed by atoms with Gasteiger partial charge in [0.15, 0.2) is 0 Å². The highest BCUT2D eigenvalue weighted by Crippen LogP contribution is 2.32. The molecule has 1 heterocycles. The molecule has 0 aromatic heterocycles. The minimum absolute atomic E-state index is 0.101. The first kappa shape index (κ1) is 12.4. The van der Waals surface area contributed by atoms with Crippen LogP contribution in [0.25, 0.3) is 0 Å². The van der Waals surface area contributed by atoms with E-state index < -0.39 is 0 Å². The lowest BCUT2D eigenvalue weighted by Crippen LogP contribution is -2.30. The van der Waals surface area contributed by atoms with Crippen LogP contribution < -0.4 is 10.6 Å². The molecule has 1 aromatic rings. The first-order chi connectivity index (χ1) is 8.27. The van der Waals surface area contributed by atoms with Gasteiger partial charge in [-0.1, -0.05) is 19.1 Å². The molecule has 1 aromatic carbocycles. The van der Waals surface area contributed by atoms with Gasteiger partial charge in [0.1, 0.15) is 5.82 Å². The third kappa shape index (κ3) is 2.44. The van der Waals surface area contributed by atoms with Crippen LogP contribution in [0.1, 0.15) is 31.7 Å². The lowest BCUT2D eigenvalue weighted by Gasteiger charge is -2.28. The molecule has 1 aliphatic heterocycles. The fourth-order valence-electron chi connectivity index (χ4n) is 2.79. The molecule has 1 fully saturated rings. The highest BCUT2D eigenvalue weighted by molar-refractivity contribution is 5.56. The summed E-state index contributed by atoms with van der Waals surface area (Å²) < 4.78 is 14.1. The molecule has 3 heteroatoms. The van der Waals surface area contributed by atoms with E-state index in [0.29, 0.717) is 12.6 Å². The number of anilines is 1. The summed E-state index contributed by atoms with van der Waals surface area (Å²) in [6.45, 7) is 3.71. The predicted octanol–water partition coefficient (Wildman–Crippen LogP) is 2.71. The Labute approximate surface area is 103 Å². The van der Waals surface area contributed by atoms with E-state index in [1.54, 1.807) is 12.1 Å². The molecule has 2 nitrogen and oxygen atoms in total. The van der Waals surface area contributed by atoms with Gasteiger partial charge in [-0.05, 0) is 43.9 Å². The Balaban J connectivity index is 2.35. The lowest BCUT2D eigenvalue weighted by atomic mass is 10.1. The SMILES string of the molecule is CCC1CCCN1c1c(F)cccc1CCN. The van der Waals surface area contributed by atoms with E-state index >= 15 is 0 Å². The molecular weight excluding hydrogens is 215 g/mol. The fraction of sp³-hybridized carbons (Fsp3) is 0.571. The molecule has 1 atom stereocenters. The molecule has 2 N–H and O–H groups in total. The maximum Gasteiger partial charge on any atom is 0.146 e. The first-order valence-corrected chi connectivity index (χ1v) is 6.52. The van der Waals surface area contributed by atoms with Crippen LogP contribution in [-0.4, -0.2) is 19.1 Å². The largest absolute Gasteiger partial charge is 0.366 e. The third-order valence-electron chi connectivity index (χ3n) is 3.62. The highest BCUT2D eigenvalue weighted by atomic mass is 19.1. The van der Waals surface area contributed by atoms with Crippen molar-refractivity contribution in [2.24, 2.45) is 5.73 Å². The molecule has 94 valence electrons. The average molecular weight is 236 g/mol. The van der Waals surface area contributed by atoms with Crippen molar-refractivity contribution in [3.05, 3.63) is 29.6 Å². The Morgan fingerprint density at radius 2 is 2.29 bits per heavy atom. The Kier molecular flexibility index (Phi) is 4.00. The number of hydrogen-bond donors (Lipinski definition) is 1. The van der Waals surface area contributed by atoms with E-state index in [4.69, 9.17) is 5.73 Å². The van der Waals surface area contributed by atoms with Gasteiger partial charge in [0.05, 0.1) is 5.69 Å². The van der Waals surface area contributed by atoms with Crippen molar-refractivity contribution >= 4 is 5.69 Å². The van der Waals surface area contributed by atoms with Crippen molar-refractivity contribution in [2.45, 2.75) is 38.6 Å². The van der Waals surface area contributed by atoms with Gasteiger partial charge >= 0.3 is 0 Å². The number of nitrogens with two attached hydrogens (primary N) is 1. The van der Waals surface area contributed by atoms with Crippen LogP contribution in [0.2, 0.25) is 0 Å². The second-order valence-corrected chi connectivity index (χ2v) is 4.68. The van der Waals surface area contributed by atoms with Crippen molar-refractivity contribution in [3.8, 4) is 0 Å². The highest BCUT2D eigenvalue weighted by Gasteiger charge is 2.26. The molecular formula is C14H21FN2. The topological polar surface area (TPSA) is 29.3 Å². The molecule has 1 unspecified atom stereocenters. The second kappa shape index (κ2) is 5.50. The van der Waals surface area contributed by atoms with Gasteiger partial charge in [-0.25, -0.2) is 4.39 Å². The number of nitrogens with zero attached hydrogens (tertiary/aromatic N) is 1. The maximum atomic E-state index is 14.1. The first-order valence-electron chi connectivity index (χ1n) is 6.52. The molecule has 0 spiro atoms. The molecule has 17 heavy (non-hydrogen) atoms. The number of benzene rings is 1. The van der Waals surface area contributed by atoms with Crippen LogP contribution in [0, 0.1) is 5.82 Å². The van der Waals surface area contributed by atoms with E-state index in [0.717, 1.165) is 37.1 Å². The smallest absolute Gasteiger partial charge is 0.146 e. The average Bonchev–Trinajstić information content (AvgIpc) is 2.77. The summed E-state index contributed by atoms with van der Waals surface area (Å²) in [4.78, 5) is 2.24. The molecule has 0 amide bonds. The fourth-order valence-corrected chi connectivity index (χ4v) is 2.79. The van der Waals surface area contributed by atoms with Crippen LogP contribution >= 0.6 is 0 Å². The summed E-state index contributed by atoms with van der Waals surface area (Å²) >= 11 is 0. The molecule has 1 saturated heterocycles. The number of halogens is 1. The number of hydrogen-bond acceptors (Lipinski definition) is 2.